The lowest BCUT2D eigenvalue weighted by atomic mass is 10.1. The molecule has 0 saturated carbocycles. The molecule has 1 unspecified atom stereocenters. The quantitative estimate of drug-likeness (QED) is 0.798. The molecule has 0 amide bonds. The summed E-state index contributed by atoms with van der Waals surface area (Å²) in [5.41, 5.74) is 1.60. The lowest BCUT2D eigenvalue weighted by Gasteiger charge is -2.28. The maximum atomic E-state index is 10.3. The van der Waals surface area contributed by atoms with Crippen LogP contribution in [0.25, 0.3) is 0 Å². The summed E-state index contributed by atoms with van der Waals surface area (Å²) in [6, 6.07) is 10.8. The molecule has 2 rings (SSSR count). The molecule has 6 heteroatoms. The van der Waals surface area contributed by atoms with Gasteiger partial charge in [0.2, 0.25) is 0 Å². The van der Waals surface area contributed by atoms with Crippen LogP contribution in [0.5, 0.6) is 0 Å². The van der Waals surface area contributed by atoms with Gasteiger partial charge in [0.1, 0.15) is 17.7 Å². The molecule has 1 heterocycles. The number of aliphatic hydroxyl groups excluding tert-OH is 1. The Labute approximate surface area is 129 Å². The maximum Gasteiger partial charge on any atom is 0.145 e. The standard InChI is InChI=1S/C16H18N4O2/c17-9-13(10-18)11-19-15-3-1-14(2-4-15)16(21)12-20-5-7-22-8-6-20/h1-4,11,16,19,21H,5-8,12H2. The van der Waals surface area contributed by atoms with Gasteiger partial charge in [-0.2, -0.15) is 10.5 Å². The van der Waals surface area contributed by atoms with Gasteiger partial charge in [-0.3, -0.25) is 4.90 Å². The van der Waals surface area contributed by atoms with E-state index in [2.05, 4.69) is 10.2 Å². The van der Waals surface area contributed by atoms with Gasteiger partial charge in [-0.25, -0.2) is 0 Å². The second-order valence-electron chi connectivity index (χ2n) is 4.98. The second kappa shape index (κ2) is 8.16. The largest absolute Gasteiger partial charge is 0.387 e. The molecule has 1 fully saturated rings. The molecule has 1 aromatic carbocycles. The number of hydrogen-bond acceptors (Lipinski definition) is 6. The van der Waals surface area contributed by atoms with Crippen molar-refractivity contribution in [2.45, 2.75) is 6.10 Å². The number of aliphatic hydroxyl groups is 1. The van der Waals surface area contributed by atoms with Crippen molar-refractivity contribution in [2.24, 2.45) is 0 Å². The monoisotopic (exact) mass is 298 g/mol. The Morgan fingerprint density at radius 1 is 1.27 bits per heavy atom. The summed E-state index contributed by atoms with van der Waals surface area (Å²) >= 11 is 0. The summed E-state index contributed by atoms with van der Waals surface area (Å²) < 4.78 is 5.28. The summed E-state index contributed by atoms with van der Waals surface area (Å²) in [6.07, 6.45) is 0.815. The number of morpholine rings is 1. The minimum Gasteiger partial charge on any atom is -0.387 e. The third-order valence-electron chi connectivity index (χ3n) is 3.45. The van der Waals surface area contributed by atoms with E-state index in [4.69, 9.17) is 15.3 Å². The Balaban J connectivity index is 1.92. The lowest BCUT2D eigenvalue weighted by molar-refractivity contribution is 0.0143. The highest BCUT2D eigenvalue weighted by Gasteiger charge is 2.15. The third kappa shape index (κ3) is 4.57. The number of benzene rings is 1. The highest BCUT2D eigenvalue weighted by Crippen LogP contribution is 2.18. The molecule has 114 valence electrons. The maximum absolute atomic E-state index is 10.3. The minimum absolute atomic E-state index is 0.0106. The van der Waals surface area contributed by atoms with E-state index < -0.39 is 6.10 Å². The number of nitrogens with zero attached hydrogens (tertiary/aromatic N) is 3. The van der Waals surface area contributed by atoms with Crippen LogP contribution in [0.2, 0.25) is 0 Å². The lowest BCUT2D eigenvalue weighted by Crippen LogP contribution is -2.38. The van der Waals surface area contributed by atoms with Crippen LogP contribution in [0.15, 0.2) is 36.0 Å². The van der Waals surface area contributed by atoms with Crippen LogP contribution in [-0.2, 0) is 4.74 Å². The Bertz CT molecular complexity index is 576. The molecule has 1 aliphatic heterocycles. The predicted molar refractivity (Wildman–Crippen MR) is 81.6 cm³/mol. The molecule has 1 atom stereocenters. The molecule has 0 bridgehead atoms. The van der Waals surface area contributed by atoms with Crippen molar-refractivity contribution in [1.29, 1.82) is 10.5 Å². The van der Waals surface area contributed by atoms with Crippen LogP contribution in [0, 0.1) is 22.7 Å². The fraction of sp³-hybridized carbons (Fsp3) is 0.375. The zero-order chi connectivity index (χ0) is 15.8. The molecular formula is C16H18N4O2. The number of allylic oxidation sites excluding steroid dienone is 1. The van der Waals surface area contributed by atoms with E-state index in [0.29, 0.717) is 19.8 Å². The first-order valence-electron chi connectivity index (χ1n) is 7.08. The molecule has 1 aromatic rings. The van der Waals surface area contributed by atoms with Crippen LogP contribution in [0.1, 0.15) is 11.7 Å². The van der Waals surface area contributed by atoms with E-state index in [0.717, 1.165) is 24.3 Å². The third-order valence-corrected chi connectivity index (χ3v) is 3.45. The Morgan fingerprint density at radius 3 is 2.50 bits per heavy atom. The minimum atomic E-state index is -0.545. The smallest absolute Gasteiger partial charge is 0.145 e. The van der Waals surface area contributed by atoms with Crippen molar-refractivity contribution in [3.63, 3.8) is 0 Å². The number of nitrogens with one attached hydrogen (secondary N) is 1. The van der Waals surface area contributed by atoms with Gasteiger partial charge in [0.15, 0.2) is 0 Å². The van der Waals surface area contributed by atoms with Crippen LogP contribution in [-0.4, -0.2) is 42.9 Å². The van der Waals surface area contributed by atoms with Crippen LogP contribution in [0.3, 0.4) is 0 Å². The van der Waals surface area contributed by atoms with E-state index in [-0.39, 0.29) is 5.57 Å². The highest BCUT2D eigenvalue weighted by atomic mass is 16.5. The molecule has 0 aliphatic carbocycles. The zero-order valence-electron chi connectivity index (χ0n) is 12.2. The normalized spacial score (nSPS) is 16.1. The summed E-state index contributed by atoms with van der Waals surface area (Å²) in [6.45, 7) is 3.69. The number of ether oxygens (including phenoxy) is 1. The SMILES string of the molecule is N#CC(C#N)=CNc1ccc(C(O)CN2CCOCC2)cc1. The van der Waals surface area contributed by atoms with Crippen molar-refractivity contribution >= 4 is 5.69 Å². The highest BCUT2D eigenvalue weighted by molar-refractivity contribution is 5.50. The Morgan fingerprint density at radius 2 is 1.91 bits per heavy atom. The number of rotatable bonds is 5. The Kier molecular flexibility index (Phi) is 5.93. The molecule has 1 aliphatic rings. The molecule has 22 heavy (non-hydrogen) atoms. The van der Waals surface area contributed by atoms with E-state index in [1.807, 2.05) is 12.1 Å². The summed E-state index contributed by atoms with van der Waals surface area (Å²) in [5.74, 6) is 0. The predicted octanol–water partition coefficient (Wildman–Crippen LogP) is 1.40. The fourth-order valence-corrected chi connectivity index (χ4v) is 2.18. The number of hydrogen-bond donors (Lipinski definition) is 2. The molecule has 2 N–H and O–H groups in total. The van der Waals surface area contributed by atoms with Gasteiger partial charge in [-0.05, 0) is 17.7 Å². The van der Waals surface area contributed by atoms with Crippen molar-refractivity contribution in [1.82, 2.24) is 4.90 Å². The van der Waals surface area contributed by atoms with Crippen LogP contribution >= 0.6 is 0 Å². The van der Waals surface area contributed by atoms with Crippen molar-refractivity contribution in [3.05, 3.63) is 41.6 Å². The van der Waals surface area contributed by atoms with E-state index in [1.54, 1.807) is 24.3 Å². The van der Waals surface area contributed by atoms with Crippen molar-refractivity contribution in [3.8, 4) is 12.1 Å². The zero-order valence-corrected chi connectivity index (χ0v) is 12.2. The molecule has 1 saturated heterocycles. The van der Waals surface area contributed by atoms with E-state index in [1.165, 1.54) is 6.20 Å². The topological polar surface area (TPSA) is 92.3 Å². The van der Waals surface area contributed by atoms with Gasteiger partial charge in [-0.15, -0.1) is 0 Å². The first kappa shape index (κ1) is 16.0. The van der Waals surface area contributed by atoms with Crippen LogP contribution in [0.4, 0.5) is 5.69 Å². The van der Waals surface area contributed by atoms with E-state index in [9.17, 15) is 5.11 Å². The average molecular weight is 298 g/mol. The van der Waals surface area contributed by atoms with Crippen LogP contribution < -0.4 is 5.32 Å². The first-order chi connectivity index (χ1) is 10.7. The van der Waals surface area contributed by atoms with Gasteiger partial charge >= 0.3 is 0 Å². The van der Waals surface area contributed by atoms with Crippen molar-refractivity contribution in [2.75, 3.05) is 38.2 Å². The molecular weight excluding hydrogens is 280 g/mol. The summed E-state index contributed by atoms with van der Waals surface area (Å²) in [4.78, 5) is 2.18. The Hall–Kier alpha value is -2.38. The number of anilines is 1. The molecule has 0 radical (unpaired) electrons. The summed E-state index contributed by atoms with van der Waals surface area (Å²) in [7, 11) is 0. The first-order valence-corrected chi connectivity index (χ1v) is 7.08. The van der Waals surface area contributed by atoms with Gasteiger partial charge in [0, 0.05) is 31.5 Å². The average Bonchev–Trinajstić information content (AvgIpc) is 2.57. The number of nitriles is 2. The second-order valence-corrected chi connectivity index (χ2v) is 4.98. The summed E-state index contributed by atoms with van der Waals surface area (Å²) in [5, 5.41) is 30.4. The fourth-order valence-electron chi connectivity index (χ4n) is 2.18. The van der Waals surface area contributed by atoms with Gasteiger partial charge in [0.25, 0.3) is 0 Å². The van der Waals surface area contributed by atoms with Gasteiger partial charge in [0.05, 0.1) is 19.3 Å². The van der Waals surface area contributed by atoms with Gasteiger partial charge < -0.3 is 15.2 Å². The van der Waals surface area contributed by atoms with E-state index >= 15 is 0 Å². The molecule has 0 spiro atoms. The molecule has 6 nitrogen and oxygen atoms in total. The van der Waals surface area contributed by atoms with Gasteiger partial charge in [-0.1, -0.05) is 12.1 Å². The molecule has 0 aromatic heterocycles. The number of β-amino-alcohol motifs (C(OH)–C–C–N with tert-alkyl or cyclic N) is 1. The van der Waals surface area contributed by atoms with Crippen molar-refractivity contribution < 1.29 is 9.84 Å².